The number of hydrogen-bond donors (Lipinski definition) is 2. The van der Waals surface area contributed by atoms with Gasteiger partial charge in [-0.1, -0.05) is 30.7 Å². The molecule has 0 atom stereocenters. The van der Waals surface area contributed by atoms with Crippen LogP contribution in [0.2, 0.25) is 0 Å². The summed E-state index contributed by atoms with van der Waals surface area (Å²) in [5, 5.41) is 12.4. The van der Waals surface area contributed by atoms with Gasteiger partial charge in [-0.3, -0.25) is 0 Å². The number of benzene rings is 2. The fraction of sp³-hybridized carbons (Fsp3) is 0.350. The first-order chi connectivity index (χ1) is 12.1. The van der Waals surface area contributed by atoms with Crippen molar-refractivity contribution in [3.8, 4) is 11.5 Å². The van der Waals surface area contributed by atoms with Crippen molar-refractivity contribution >= 4 is 11.7 Å². The lowest BCUT2D eigenvalue weighted by atomic mass is 9.69. The van der Waals surface area contributed by atoms with Gasteiger partial charge in [0.25, 0.3) is 0 Å². The first-order valence-corrected chi connectivity index (χ1v) is 8.56. The molecule has 25 heavy (non-hydrogen) atoms. The van der Waals surface area contributed by atoms with Crippen molar-refractivity contribution in [1.29, 1.82) is 0 Å². The van der Waals surface area contributed by atoms with Gasteiger partial charge in [0.2, 0.25) is 0 Å². The largest absolute Gasteiger partial charge is 0.457 e. The average molecular weight is 340 g/mol. The topological polar surface area (TPSA) is 61.8 Å². The number of ether oxygens (including phenoxy) is 1. The number of nitrogens with zero attached hydrogens (tertiary/aromatic N) is 1. The number of nitrogens with one attached hydrogen (secondary N) is 1. The van der Waals surface area contributed by atoms with Crippen LogP contribution in [-0.4, -0.2) is 36.2 Å². The molecule has 0 aliphatic heterocycles. The lowest BCUT2D eigenvalue weighted by molar-refractivity contribution is 0.0243. The molecule has 0 spiro atoms. The van der Waals surface area contributed by atoms with Crippen molar-refractivity contribution in [3.63, 3.8) is 0 Å². The van der Waals surface area contributed by atoms with E-state index in [1.54, 1.807) is 18.0 Å². The van der Waals surface area contributed by atoms with Crippen molar-refractivity contribution in [2.45, 2.75) is 19.3 Å². The molecule has 5 heteroatoms. The Labute approximate surface area is 148 Å². The minimum Gasteiger partial charge on any atom is -0.457 e. The average Bonchev–Trinajstić information content (AvgIpc) is 2.59. The van der Waals surface area contributed by atoms with Crippen molar-refractivity contribution in [3.05, 3.63) is 54.6 Å². The maximum Gasteiger partial charge on any atom is 0.321 e. The summed E-state index contributed by atoms with van der Waals surface area (Å²) in [5.41, 5.74) is 0.557. The number of rotatable bonds is 6. The zero-order valence-electron chi connectivity index (χ0n) is 14.4. The number of aliphatic hydroxyl groups excluding tert-OH is 1. The van der Waals surface area contributed by atoms with E-state index < -0.39 is 0 Å². The van der Waals surface area contributed by atoms with E-state index in [2.05, 4.69) is 5.32 Å². The number of aliphatic hydroxyl groups is 1. The Bertz CT molecular complexity index is 708. The second-order valence-electron chi connectivity index (χ2n) is 6.74. The van der Waals surface area contributed by atoms with Crippen molar-refractivity contribution in [2.75, 3.05) is 25.5 Å². The number of carbonyl (C=O) groups excluding carboxylic acids is 1. The van der Waals surface area contributed by atoms with Crippen molar-refractivity contribution in [2.24, 2.45) is 5.41 Å². The molecule has 0 unspecified atom stereocenters. The maximum atomic E-state index is 12.4. The first-order valence-electron chi connectivity index (χ1n) is 8.56. The molecular weight excluding hydrogens is 316 g/mol. The molecular formula is C20H24N2O3. The fourth-order valence-corrected chi connectivity index (χ4v) is 3.10. The molecule has 0 heterocycles. The Hall–Kier alpha value is -2.53. The summed E-state index contributed by atoms with van der Waals surface area (Å²) < 4.78 is 5.79. The van der Waals surface area contributed by atoms with Crippen LogP contribution in [0.3, 0.4) is 0 Å². The second kappa shape index (κ2) is 7.57. The van der Waals surface area contributed by atoms with Gasteiger partial charge in [0, 0.05) is 30.8 Å². The summed E-state index contributed by atoms with van der Waals surface area (Å²) in [6, 6.07) is 16.6. The molecule has 2 N–H and O–H groups in total. The van der Waals surface area contributed by atoms with Gasteiger partial charge in [0.05, 0.1) is 6.61 Å². The van der Waals surface area contributed by atoms with Crippen LogP contribution in [0.4, 0.5) is 10.5 Å². The summed E-state index contributed by atoms with van der Waals surface area (Å²) in [6.45, 7) is 0.695. The van der Waals surface area contributed by atoms with Crippen LogP contribution in [0.1, 0.15) is 19.3 Å². The summed E-state index contributed by atoms with van der Waals surface area (Å²) >= 11 is 0. The van der Waals surface area contributed by atoms with Crippen molar-refractivity contribution < 1.29 is 14.6 Å². The Balaban J connectivity index is 1.60. The lowest BCUT2D eigenvalue weighted by Gasteiger charge is -2.42. The molecule has 0 aromatic heterocycles. The second-order valence-corrected chi connectivity index (χ2v) is 6.74. The molecule has 1 saturated carbocycles. The van der Waals surface area contributed by atoms with E-state index in [1.165, 1.54) is 0 Å². The van der Waals surface area contributed by atoms with Crippen LogP contribution < -0.4 is 10.1 Å². The highest BCUT2D eigenvalue weighted by Crippen LogP contribution is 2.40. The minimum atomic E-state index is -0.184. The van der Waals surface area contributed by atoms with Gasteiger partial charge in [-0.05, 0) is 37.1 Å². The van der Waals surface area contributed by atoms with Crippen LogP contribution in [0, 0.1) is 5.41 Å². The Kier molecular flexibility index (Phi) is 5.24. The molecule has 0 saturated heterocycles. The number of carbonyl (C=O) groups is 1. The van der Waals surface area contributed by atoms with Gasteiger partial charge in [-0.15, -0.1) is 0 Å². The SMILES string of the molecule is CN(CC1(CO)CCC1)C(=O)Nc1cccc(Oc2ccccc2)c1. The zero-order valence-corrected chi connectivity index (χ0v) is 14.4. The third-order valence-corrected chi connectivity index (χ3v) is 4.73. The standard InChI is InChI=1S/C20H24N2O3/c1-22(14-20(15-23)11-6-12-20)19(24)21-16-7-5-10-18(13-16)25-17-8-3-2-4-9-17/h2-5,7-10,13,23H,6,11-12,14-15H2,1H3,(H,21,24). The van der Waals surface area contributed by atoms with Crippen LogP contribution in [0.25, 0.3) is 0 Å². The number of urea groups is 1. The lowest BCUT2D eigenvalue weighted by Crippen LogP contribution is -2.46. The van der Waals surface area contributed by atoms with Crippen LogP contribution >= 0.6 is 0 Å². The van der Waals surface area contributed by atoms with Crippen molar-refractivity contribution in [1.82, 2.24) is 4.90 Å². The molecule has 132 valence electrons. The van der Waals surface area contributed by atoms with Gasteiger partial charge in [-0.25, -0.2) is 4.79 Å². The van der Waals surface area contributed by atoms with Crippen LogP contribution in [0.15, 0.2) is 54.6 Å². The highest BCUT2D eigenvalue weighted by Gasteiger charge is 2.38. The quantitative estimate of drug-likeness (QED) is 0.832. The first kappa shape index (κ1) is 17.3. The monoisotopic (exact) mass is 340 g/mol. The van der Waals surface area contributed by atoms with Gasteiger partial charge in [0.1, 0.15) is 11.5 Å². The number of anilines is 1. The molecule has 5 nitrogen and oxygen atoms in total. The van der Waals surface area contributed by atoms with Gasteiger partial charge < -0.3 is 20.1 Å². The van der Waals surface area contributed by atoms with E-state index in [4.69, 9.17) is 4.74 Å². The number of amides is 2. The molecule has 0 radical (unpaired) electrons. The molecule has 3 rings (SSSR count). The molecule has 0 bridgehead atoms. The van der Waals surface area contributed by atoms with E-state index in [1.807, 2.05) is 48.5 Å². The fourth-order valence-electron chi connectivity index (χ4n) is 3.10. The normalized spacial score (nSPS) is 15.1. The minimum absolute atomic E-state index is 0.121. The zero-order chi connectivity index (χ0) is 17.7. The van der Waals surface area contributed by atoms with Gasteiger partial charge in [-0.2, -0.15) is 0 Å². The summed E-state index contributed by atoms with van der Waals surface area (Å²) in [5.74, 6) is 1.41. The summed E-state index contributed by atoms with van der Waals surface area (Å²) in [7, 11) is 1.76. The van der Waals surface area contributed by atoms with E-state index in [0.717, 1.165) is 25.0 Å². The van der Waals surface area contributed by atoms with Crippen LogP contribution in [0.5, 0.6) is 11.5 Å². The predicted molar refractivity (Wildman–Crippen MR) is 98.0 cm³/mol. The van der Waals surface area contributed by atoms with E-state index in [-0.39, 0.29) is 18.1 Å². The third-order valence-electron chi connectivity index (χ3n) is 4.73. The number of para-hydroxylation sites is 1. The van der Waals surface area contributed by atoms with Gasteiger partial charge in [0.15, 0.2) is 0 Å². The molecule has 2 amide bonds. The maximum absolute atomic E-state index is 12.4. The Morgan fingerprint density at radius 2 is 1.88 bits per heavy atom. The van der Waals surface area contributed by atoms with E-state index in [9.17, 15) is 9.90 Å². The van der Waals surface area contributed by atoms with E-state index >= 15 is 0 Å². The van der Waals surface area contributed by atoms with E-state index in [0.29, 0.717) is 18.0 Å². The molecule has 1 fully saturated rings. The Morgan fingerprint density at radius 3 is 2.52 bits per heavy atom. The highest BCUT2D eigenvalue weighted by atomic mass is 16.5. The number of hydrogen-bond acceptors (Lipinski definition) is 3. The molecule has 1 aliphatic rings. The predicted octanol–water partition coefficient (Wildman–Crippen LogP) is 4.11. The third kappa shape index (κ3) is 4.31. The molecule has 2 aromatic carbocycles. The summed E-state index contributed by atoms with van der Waals surface area (Å²) in [6.07, 6.45) is 3.07. The molecule has 2 aromatic rings. The summed E-state index contributed by atoms with van der Waals surface area (Å²) in [4.78, 5) is 14.0. The van der Waals surface area contributed by atoms with Gasteiger partial charge >= 0.3 is 6.03 Å². The van der Waals surface area contributed by atoms with Crippen LogP contribution in [-0.2, 0) is 0 Å². The smallest absolute Gasteiger partial charge is 0.321 e. The Morgan fingerprint density at radius 1 is 1.16 bits per heavy atom. The molecule has 1 aliphatic carbocycles. The highest BCUT2D eigenvalue weighted by molar-refractivity contribution is 5.89.